The predicted molar refractivity (Wildman–Crippen MR) is 64.7 cm³/mol. The Morgan fingerprint density at radius 1 is 1.39 bits per heavy atom. The van der Waals surface area contributed by atoms with Crippen molar-refractivity contribution in [3.8, 4) is 0 Å². The van der Waals surface area contributed by atoms with E-state index in [0.717, 1.165) is 5.56 Å². The van der Waals surface area contributed by atoms with E-state index in [2.05, 4.69) is 0 Å². The first-order chi connectivity index (χ1) is 8.65. The molecular formula is C14H14O4. The van der Waals surface area contributed by atoms with Crippen molar-refractivity contribution in [2.75, 3.05) is 0 Å². The molecule has 1 aliphatic heterocycles. The maximum atomic E-state index is 11.1. The maximum absolute atomic E-state index is 11.1. The summed E-state index contributed by atoms with van der Waals surface area (Å²) in [5.74, 6) is -0.780. The van der Waals surface area contributed by atoms with E-state index in [9.17, 15) is 9.59 Å². The van der Waals surface area contributed by atoms with Crippen LogP contribution in [0.4, 0.5) is 0 Å². The van der Waals surface area contributed by atoms with E-state index >= 15 is 0 Å². The van der Waals surface area contributed by atoms with E-state index in [1.54, 1.807) is 6.08 Å². The van der Waals surface area contributed by atoms with Crippen LogP contribution in [0, 0.1) is 0 Å². The minimum absolute atomic E-state index is 0.382. The lowest BCUT2D eigenvalue weighted by molar-refractivity contribution is -0.158. The van der Waals surface area contributed by atoms with Crippen LogP contribution >= 0.6 is 0 Å². The van der Waals surface area contributed by atoms with Gasteiger partial charge in [-0.25, -0.2) is 4.79 Å². The van der Waals surface area contributed by atoms with Crippen LogP contribution in [0.2, 0.25) is 0 Å². The van der Waals surface area contributed by atoms with Gasteiger partial charge < -0.3 is 9.47 Å². The van der Waals surface area contributed by atoms with E-state index in [1.165, 1.54) is 13.0 Å². The molecule has 0 unspecified atom stereocenters. The van der Waals surface area contributed by atoms with Gasteiger partial charge in [-0.05, 0) is 11.6 Å². The zero-order valence-corrected chi connectivity index (χ0v) is 10.0. The van der Waals surface area contributed by atoms with Gasteiger partial charge >= 0.3 is 11.9 Å². The molecule has 94 valence electrons. The molecule has 0 amide bonds. The van der Waals surface area contributed by atoms with Crippen molar-refractivity contribution in [2.45, 2.75) is 25.6 Å². The van der Waals surface area contributed by atoms with Gasteiger partial charge in [0.05, 0.1) is 0 Å². The number of cyclic esters (lactones) is 1. The van der Waals surface area contributed by atoms with Gasteiger partial charge in [-0.1, -0.05) is 30.3 Å². The second-order valence-electron chi connectivity index (χ2n) is 4.10. The topological polar surface area (TPSA) is 52.6 Å². The molecule has 1 aliphatic rings. The van der Waals surface area contributed by atoms with Gasteiger partial charge in [-0.15, -0.1) is 0 Å². The summed E-state index contributed by atoms with van der Waals surface area (Å²) in [5.41, 5.74) is 1.03. The summed E-state index contributed by atoms with van der Waals surface area (Å²) in [4.78, 5) is 22.1. The molecule has 0 radical (unpaired) electrons. The van der Waals surface area contributed by atoms with Crippen molar-refractivity contribution >= 4 is 11.9 Å². The fourth-order valence-corrected chi connectivity index (χ4v) is 1.87. The molecule has 4 nitrogen and oxygen atoms in total. The van der Waals surface area contributed by atoms with Crippen LogP contribution in [0.3, 0.4) is 0 Å². The smallest absolute Gasteiger partial charge is 0.331 e. The van der Waals surface area contributed by atoms with Crippen LogP contribution in [0.5, 0.6) is 0 Å². The first-order valence-electron chi connectivity index (χ1n) is 5.75. The molecule has 1 heterocycles. The second-order valence-corrected chi connectivity index (χ2v) is 4.10. The molecular weight excluding hydrogens is 232 g/mol. The minimum Gasteiger partial charge on any atom is -0.458 e. The summed E-state index contributed by atoms with van der Waals surface area (Å²) < 4.78 is 10.3. The lowest BCUT2D eigenvalue weighted by atomic mass is 10.0. The third-order valence-corrected chi connectivity index (χ3v) is 2.64. The molecule has 2 atom stereocenters. The van der Waals surface area contributed by atoms with Crippen LogP contribution in [0.1, 0.15) is 12.5 Å². The van der Waals surface area contributed by atoms with Crippen LogP contribution in [-0.4, -0.2) is 24.1 Å². The Bertz CT molecular complexity index is 464. The number of hydrogen-bond acceptors (Lipinski definition) is 4. The van der Waals surface area contributed by atoms with Gasteiger partial charge in [-0.2, -0.15) is 0 Å². The molecule has 0 spiro atoms. The largest absolute Gasteiger partial charge is 0.458 e. The number of hydrogen-bond donors (Lipinski definition) is 0. The zero-order chi connectivity index (χ0) is 13.0. The van der Waals surface area contributed by atoms with E-state index < -0.39 is 18.2 Å². The molecule has 1 aromatic carbocycles. The molecule has 4 heteroatoms. The Labute approximate surface area is 105 Å². The molecule has 1 aromatic rings. The van der Waals surface area contributed by atoms with Crippen LogP contribution in [0.25, 0.3) is 0 Å². The summed E-state index contributed by atoms with van der Waals surface area (Å²) in [6.45, 7) is 1.35. The van der Waals surface area contributed by atoms with Gasteiger partial charge in [0.15, 0.2) is 6.10 Å². The average molecular weight is 246 g/mol. The van der Waals surface area contributed by atoms with Crippen molar-refractivity contribution in [2.24, 2.45) is 0 Å². The number of ether oxygens (including phenoxy) is 2. The molecule has 0 N–H and O–H groups in total. The number of esters is 2. The normalized spacial score (nSPS) is 19.4. The minimum atomic E-state index is -0.499. The van der Waals surface area contributed by atoms with Crippen LogP contribution < -0.4 is 0 Å². The molecule has 18 heavy (non-hydrogen) atoms. The lowest BCUT2D eigenvalue weighted by Gasteiger charge is -2.21. The Kier molecular flexibility index (Phi) is 3.77. The van der Waals surface area contributed by atoms with Gasteiger partial charge in [0.25, 0.3) is 0 Å². The second kappa shape index (κ2) is 5.49. The summed E-state index contributed by atoms with van der Waals surface area (Å²) in [7, 11) is 0. The van der Waals surface area contributed by atoms with Crippen molar-refractivity contribution < 1.29 is 19.1 Å². The highest BCUT2D eigenvalue weighted by molar-refractivity contribution is 5.84. The highest BCUT2D eigenvalue weighted by Crippen LogP contribution is 2.17. The number of carbonyl (C=O) groups is 2. The molecule has 0 fully saturated rings. The summed E-state index contributed by atoms with van der Waals surface area (Å²) in [5, 5.41) is 0. The Morgan fingerprint density at radius 2 is 2.11 bits per heavy atom. The summed E-state index contributed by atoms with van der Waals surface area (Å²) in [6, 6.07) is 9.63. The quantitative estimate of drug-likeness (QED) is 0.758. The number of benzene rings is 1. The van der Waals surface area contributed by atoms with Gasteiger partial charge in [0, 0.05) is 19.4 Å². The van der Waals surface area contributed by atoms with Crippen LogP contribution in [0.15, 0.2) is 42.5 Å². The average Bonchev–Trinajstić information content (AvgIpc) is 2.76. The van der Waals surface area contributed by atoms with Crippen LogP contribution in [-0.2, 0) is 25.5 Å². The molecule has 2 rings (SSSR count). The lowest BCUT2D eigenvalue weighted by Crippen LogP contribution is -2.32. The highest BCUT2D eigenvalue weighted by atomic mass is 16.6. The Morgan fingerprint density at radius 3 is 2.67 bits per heavy atom. The number of carbonyl (C=O) groups excluding carboxylic acids is 2. The zero-order valence-electron chi connectivity index (χ0n) is 10.0. The fourth-order valence-electron chi connectivity index (χ4n) is 1.87. The van der Waals surface area contributed by atoms with E-state index in [4.69, 9.17) is 9.47 Å². The predicted octanol–water partition coefficient (Wildman–Crippen LogP) is 1.64. The highest BCUT2D eigenvalue weighted by Gasteiger charge is 2.29. The molecule has 0 saturated heterocycles. The number of rotatable bonds is 4. The Hall–Kier alpha value is -2.10. The van der Waals surface area contributed by atoms with Gasteiger partial charge in [-0.3, -0.25) is 4.79 Å². The Balaban J connectivity index is 2.08. The fraction of sp³-hybridized carbons (Fsp3) is 0.286. The molecule has 0 aliphatic carbocycles. The van der Waals surface area contributed by atoms with E-state index in [0.29, 0.717) is 6.42 Å². The summed E-state index contributed by atoms with van der Waals surface area (Å²) in [6.07, 6.45) is 2.52. The molecule has 0 aromatic heterocycles. The third-order valence-electron chi connectivity index (χ3n) is 2.64. The first kappa shape index (κ1) is 12.4. The summed E-state index contributed by atoms with van der Waals surface area (Å²) >= 11 is 0. The van der Waals surface area contributed by atoms with Crippen molar-refractivity contribution in [1.29, 1.82) is 0 Å². The standard InChI is InChI=1S/C14H14O4/c1-10(15)17-13(12-7-8-14(16)18-12)9-11-5-3-2-4-6-11/h2-8,12-13H,9H2,1H3/t12-,13-/m0/s1. The monoisotopic (exact) mass is 246 g/mol. The van der Waals surface area contributed by atoms with E-state index in [1.807, 2.05) is 30.3 Å². The molecule has 0 saturated carbocycles. The maximum Gasteiger partial charge on any atom is 0.331 e. The van der Waals surface area contributed by atoms with Gasteiger partial charge in [0.1, 0.15) is 6.10 Å². The van der Waals surface area contributed by atoms with Crippen molar-refractivity contribution in [1.82, 2.24) is 0 Å². The van der Waals surface area contributed by atoms with Crippen molar-refractivity contribution in [3.05, 3.63) is 48.0 Å². The third kappa shape index (κ3) is 3.20. The van der Waals surface area contributed by atoms with E-state index in [-0.39, 0.29) is 5.97 Å². The SMILES string of the molecule is CC(=O)O[C@@H](Cc1ccccc1)[C@@H]1C=CC(=O)O1. The molecule has 0 bridgehead atoms. The van der Waals surface area contributed by atoms with Crippen molar-refractivity contribution in [3.63, 3.8) is 0 Å². The van der Waals surface area contributed by atoms with Gasteiger partial charge in [0.2, 0.25) is 0 Å². The first-order valence-corrected chi connectivity index (χ1v) is 5.75.